The van der Waals surface area contributed by atoms with Gasteiger partial charge >= 0.3 is 0 Å². The number of para-hydroxylation sites is 1. The number of carbonyl (C=O) groups is 1. The summed E-state index contributed by atoms with van der Waals surface area (Å²) < 4.78 is 23.3. The van der Waals surface area contributed by atoms with E-state index in [0.717, 1.165) is 25.9 Å². The molecule has 0 radical (unpaired) electrons. The third-order valence-electron chi connectivity index (χ3n) is 3.43. The van der Waals surface area contributed by atoms with Crippen molar-refractivity contribution in [3.05, 3.63) is 24.3 Å². The van der Waals surface area contributed by atoms with E-state index >= 15 is 0 Å². The highest BCUT2D eigenvalue weighted by molar-refractivity contribution is 7.90. The molecule has 1 heterocycles. The average Bonchev–Trinajstić information content (AvgIpc) is 2.45. The molecule has 0 aromatic heterocycles. The Hall–Kier alpha value is -1.56. The van der Waals surface area contributed by atoms with E-state index < -0.39 is 9.84 Å². The number of carbonyl (C=O) groups excluding carboxylic acids is 1. The van der Waals surface area contributed by atoms with Crippen LogP contribution in [0.4, 0.5) is 5.69 Å². The minimum atomic E-state index is -3.29. The van der Waals surface area contributed by atoms with Gasteiger partial charge in [-0.05, 0) is 31.4 Å². The Morgan fingerprint density at radius 3 is 2.50 bits per heavy atom. The van der Waals surface area contributed by atoms with Crippen LogP contribution >= 0.6 is 0 Å². The van der Waals surface area contributed by atoms with Gasteiger partial charge in [0.15, 0.2) is 9.84 Å². The number of benzene rings is 1. The first kappa shape index (κ1) is 14.8. The number of piperidine rings is 1. The maximum Gasteiger partial charge on any atom is 0.241 e. The Morgan fingerprint density at radius 2 is 1.85 bits per heavy atom. The fraction of sp³-hybridized carbons (Fsp3) is 0.500. The normalized spacial score (nSPS) is 15.9. The molecule has 0 atom stereocenters. The predicted octanol–water partition coefficient (Wildman–Crippen LogP) is 1.51. The summed E-state index contributed by atoms with van der Waals surface area (Å²) in [4.78, 5) is 14.1. The Labute approximate surface area is 119 Å². The van der Waals surface area contributed by atoms with Crippen LogP contribution in [0.5, 0.6) is 0 Å². The van der Waals surface area contributed by atoms with Crippen LogP contribution in [0.15, 0.2) is 29.2 Å². The van der Waals surface area contributed by atoms with Crippen molar-refractivity contribution in [2.75, 3.05) is 31.2 Å². The van der Waals surface area contributed by atoms with Crippen LogP contribution in [0.25, 0.3) is 0 Å². The quantitative estimate of drug-likeness (QED) is 0.914. The third-order valence-corrected chi connectivity index (χ3v) is 4.58. The highest BCUT2D eigenvalue weighted by Crippen LogP contribution is 2.20. The number of sulfone groups is 1. The summed E-state index contributed by atoms with van der Waals surface area (Å²) in [5, 5.41) is 2.95. The molecule has 1 fully saturated rings. The molecule has 1 N–H and O–H groups in total. The van der Waals surface area contributed by atoms with Crippen LogP contribution in [0.3, 0.4) is 0 Å². The minimum Gasteiger partial charge on any atom is -0.375 e. The van der Waals surface area contributed by atoms with Crippen molar-refractivity contribution in [1.29, 1.82) is 0 Å². The van der Waals surface area contributed by atoms with Crippen molar-refractivity contribution < 1.29 is 13.2 Å². The number of nitrogens with zero attached hydrogens (tertiary/aromatic N) is 1. The second-order valence-electron chi connectivity index (χ2n) is 5.06. The number of amides is 1. The molecular formula is C14H20N2O3S. The van der Waals surface area contributed by atoms with Crippen LogP contribution in [0.2, 0.25) is 0 Å². The number of rotatable bonds is 4. The number of hydrogen-bond donors (Lipinski definition) is 1. The van der Waals surface area contributed by atoms with E-state index in [2.05, 4.69) is 5.32 Å². The van der Waals surface area contributed by atoms with Gasteiger partial charge in [-0.3, -0.25) is 4.79 Å². The van der Waals surface area contributed by atoms with E-state index in [0.29, 0.717) is 5.69 Å². The standard InChI is InChI=1S/C14H20N2O3S/c1-20(18,19)13-8-4-3-7-12(13)15-11-14(17)16-9-5-2-6-10-16/h3-4,7-8,15H,2,5-6,9-11H2,1H3. The molecule has 1 amide bonds. The van der Waals surface area contributed by atoms with Gasteiger partial charge in [0.25, 0.3) is 0 Å². The lowest BCUT2D eigenvalue weighted by molar-refractivity contribution is -0.130. The maximum atomic E-state index is 12.0. The molecule has 0 aliphatic carbocycles. The fourth-order valence-electron chi connectivity index (χ4n) is 2.36. The largest absolute Gasteiger partial charge is 0.375 e. The molecule has 6 heteroatoms. The molecule has 0 spiro atoms. The molecule has 0 unspecified atom stereocenters. The lowest BCUT2D eigenvalue weighted by Gasteiger charge is -2.27. The summed E-state index contributed by atoms with van der Waals surface area (Å²) >= 11 is 0. The Balaban J connectivity index is 2.02. The van der Waals surface area contributed by atoms with Crippen molar-refractivity contribution in [2.24, 2.45) is 0 Å². The Bertz CT molecular complexity index is 578. The van der Waals surface area contributed by atoms with Gasteiger partial charge in [-0.15, -0.1) is 0 Å². The SMILES string of the molecule is CS(=O)(=O)c1ccccc1NCC(=O)N1CCCCC1. The van der Waals surface area contributed by atoms with Gasteiger partial charge < -0.3 is 10.2 Å². The molecule has 1 saturated heterocycles. The average molecular weight is 296 g/mol. The van der Waals surface area contributed by atoms with Gasteiger partial charge in [0.05, 0.1) is 17.1 Å². The highest BCUT2D eigenvalue weighted by Gasteiger charge is 2.17. The second-order valence-corrected chi connectivity index (χ2v) is 7.05. The van der Waals surface area contributed by atoms with Crippen molar-refractivity contribution in [3.63, 3.8) is 0 Å². The first-order valence-corrected chi connectivity index (χ1v) is 8.68. The van der Waals surface area contributed by atoms with Crippen LogP contribution < -0.4 is 5.32 Å². The first-order valence-electron chi connectivity index (χ1n) is 6.79. The van der Waals surface area contributed by atoms with E-state index in [4.69, 9.17) is 0 Å². The molecule has 1 aromatic rings. The van der Waals surface area contributed by atoms with Crippen molar-refractivity contribution in [3.8, 4) is 0 Å². The smallest absolute Gasteiger partial charge is 0.241 e. The first-order chi connectivity index (χ1) is 9.48. The minimum absolute atomic E-state index is 0.0213. The van der Waals surface area contributed by atoms with Crippen molar-refractivity contribution in [1.82, 2.24) is 4.90 Å². The zero-order valence-electron chi connectivity index (χ0n) is 11.6. The summed E-state index contributed by atoms with van der Waals surface area (Å²) in [6.45, 7) is 1.73. The summed E-state index contributed by atoms with van der Waals surface area (Å²) in [6.07, 6.45) is 4.44. The zero-order valence-corrected chi connectivity index (χ0v) is 12.4. The van der Waals surface area contributed by atoms with E-state index in [1.54, 1.807) is 24.3 Å². The molecule has 1 aliphatic rings. The highest BCUT2D eigenvalue weighted by atomic mass is 32.2. The molecule has 110 valence electrons. The summed E-state index contributed by atoms with van der Waals surface area (Å²) in [5.74, 6) is 0.0213. The lowest BCUT2D eigenvalue weighted by atomic mass is 10.1. The Kier molecular flexibility index (Phi) is 4.65. The van der Waals surface area contributed by atoms with Crippen LogP contribution in [0.1, 0.15) is 19.3 Å². The van der Waals surface area contributed by atoms with E-state index in [9.17, 15) is 13.2 Å². The van der Waals surface area contributed by atoms with Crippen LogP contribution in [-0.2, 0) is 14.6 Å². The van der Waals surface area contributed by atoms with E-state index in [1.165, 1.54) is 12.7 Å². The zero-order chi connectivity index (χ0) is 14.6. The molecule has 20 heavy (non-hydrogen) atoms. The molecule has 2 rings (SSSR count). The molecule has 5 nitrogen and oxygen atoms in total. The third kappa shape index (κ3) is 3.72. The monoisotopic (exact) mass is 296 g/mol. The fourth-order valence-corrected chi connectivity index (χ4v) is 3.23. The summed E-state index contributed by atoms with van der Waals surface area (Å²) in [6, 6.07) is 6.65. The van der Waals surface area contributed by atoms with Crippen molar-refractivity contribution >= 4 is 21.4 Å². The lowest BCUT2D eigenvalue weighted by Crippen LogP contribution is -2.39. The number of hydrogen-bond acceptors (Lipinski definition) is 4. The maximum absolute atomic E-state index is 12.0. The van der Waals surface area contributed by atoms with Gasteiger partial charge in [0.1, 0.15) is 0 Å². The van der Waals surface area contributed by atoms with Gasteiger partial charge in [-0.25, -0.2) is 8.42 Å². The number of likely N-dealkylation sites (tertiary alicyclic amines) is 1. The topological polar surface area (TPSA) is 66.5 Å². The molecule has 1 aliphatic heterocycles. The molecule has 1 aromatic carbocycles. The van der Waals surface area contributed by atoms with Gasteiger partial charge in [0.2, 0.25) is 5.91 Å². The second kappa shape index (κ2) is 6.26. The molecular weight excluding hydrogens is 276 g/mol. The molecule has 0 saturated carbocycles. The number of anilines is 1. The van der Waals surface area contributed by atoms with E-state index in [1.807, 2.05) is 4.90 Å². The van der Waals surface area contributed by atoms with Gasteiger partial charge in [-0.2, -0.15) is 0 Å². The van der Waals surface area contributed by atoms with Gasteiger partial charge in [-0.1, -0.05) is 12.1 Å². The van der Waals surface area contributed by atoms with Gasteiger partial charge in [0, 0.05) is 19.3 Å². The van der Waals surface area contributed by atoms with E-state index in [-0.39, 0.29) is 17.3 Å². The predicted molar refractivity (Wildman–Crippen MR) is 78.5 cm³/mol. The Morgan fingerprint density at radius 1 is 1.20 bits per heavy atom. The summed E-state index contributed by atoms with van der Waals surface area (Å²) in [5.41, 5.74) is 0.486. The summed E-state index contributed by atoms with van der Waals surface area (Å²) in [7, 11) is -3.29. The van der Waals surface area contributed by atoms with Crippen LogP contribution in [0, 0.1) is 0 Å². The number of nitrogens with one attached hydrogen (secondary N) is 1. The molecule has 0 bridgehead atoms. The van der Waals surface area contributed by atoms with Crippen molar-refractivity contribution in [2.45, 2.75) is 24.2 Å². The van der Waals surface area contributed by atoms with Crippen LogP contribution in [-0.4, -0.2) is 45.1 Å².